The Balaban J connectivity index is 1.97. The minimum absolute atomic E-state index is 0.0612. The Morgan fingerprint density at radius 2 is 2.16 bits per heavy atom. The minimum Gasteiger partial charge on any atom is -0.359 e. The number of hydrogen-bond acceptors (Lipinski definition) is 4. The maximum atomic E-state index is 5.96. The molecule has 5 nitrogen and oxygen atoms in total. The zero-order valence-corrected chi connectivity index (χ0v) is 12.5. The molecule has 0 atom stereocenters. The molecule has 0 unspecified atom stereocenters. The highest BCUT2D eigenvalue weighted by atomic mass is 35.5. The van der Waals surface area contributed by atoms with Crippen LogP contribution < -0.4 is 5.32 Å². The van der Waals surface area contributed by atoms with E-state index in [0.29, 0.717) is 18.1 Å². The molecule has 6 heteroatoms. The van der Waals surface area contributed by atoms with Gasteiger partial charge in [0.2, 0.25) is 0 Å². The molecule has 0 aliphatic rings. The highest BCUT2D eigenvalue weighted by molar-refractivity contribution is 6.31. The Bertz CT molecular complexity index is 534. The van der Waals surface area contributed by atoms with Gasteiger partial charge in [0.05, 0.1) is 16.4 Å². The molecule has 2 heterocycles. The summed E-state index contributed by atoms with van der Waals surface area (Å²) in [5.41, 5.74) is 1.77. The Labute approximate surface area is 117 Å². The molecule has 104 valence electrons. The van der Waals surface area contributed by atoms with E-state index in [4.69, 9.17) is 16.1 Å². The van der Waals surface area contributed by atoms with Gasteiger partial charge in [-0.3, -0.25) is 4.68 Å². The highest BCUT2D eigenvalue weighted by Gasteiger charge is 2.11. The molecular formula is C13H19ClN4O. The molecule has 0 spiro atoms. The first-order valence-corrected chi connectivity index (χ1v) is 6.60. The number of hydrogen-bond donors (Lipinski definition) is 1. The van der Waals surface area contributed by atoms with Gasteiger partial charge in [0.1, 0.15) is 6.54 Å². The first-order chi connectivity index (χ1) is 8.83. The van der Waals surface area contributed by atoms with Crippen LogP contribution in [0.15, 0.2) is 16.8 Å². The summed E-state index contributed by atoms with van der Waals surface area (Å²) in [6, 6.07) is 1.93. The standard InChI is InChI=1S/C13H19ClN4O/c1-9-12(14)8-18(16-9)7-11-5-10(17-19-11)6-15-13(2,3)4/h5,8,15H,6-7H2,1-4H3. The molecule has 0 aliphatic carbocycles. The van der Waals surface area contributed by atoms with Crippen LogP contribution in [0.5, 0.6) is 0 Å². The Morgan fingerprint density at radius 3 is 2.74 bits per heavy atom. The monoisotopic (exact) mass is 282 g/mol. The second-order valence-corrected chi connectivity index (χ2v) is 6.06. The van der Waals surface area contributed by atoms with Crippen LogP contribution in [-0.4, -0.2) is 20.5 Å². The average Bonchev–Trinajstić information content (AvgIpc) is 2.84. The van der Waals surface area contributed by atoms with Gasteiger partial charge in [0, 0.05) is 24.3 Å². The summed E-state index contributed by atoms with van der Waals surface area (Å²) in [6.45, 7) is 9.44. The van der Waals surface area contributed by atoms with Gasteiger partial charge in [-0.2, -0.15) is 5.10 Å². The second kappa shape index (κ2) is 5.35. The molecule has 0 aromatic carbocycles. The average molecular weight is 283 g/mol. The summed E-state index contributed by atoms with van der Waals surface area (Å²) in [6.07, 6.45) is 1.78. The van der Waals surface area contributed by atoms with E-state index >= 15 is 0 Å². The van der Waals surface area contributed by atoms with Crippen LogP contribution in [0.25, 0.3) is 0 Å². The van der Waals surface area contributed by atoms with Crippen molar-refractivity contribution in [1.82, 2.24) is 20.3 Å². The largest absolute Gasteiger partial charge is 0.359 e. The molecule has 2 rings (SSSR count). The Kier molecular flexibility index (Phi) is 3.96. The summed E-state index contributed by atoms with van der Waals surface area (Å²) in [4.78, 5) is 0. The predicted molar refractivity (Wildman–Crippen MR) is 74.2 cm³/mol. The number of aromatic nitrogens is 3. The van der Waals surface area contributed by atoms with E-state index in [0.717, 1.165) is 17.1 Å². The molecule has 0 fully saturated rings. The van der Waals surface area contributed by atoms with E-state index < -0.39 is 0 Å². The number of nitrogens with one attached hydrogen (secondary N) is 1. The van der Waals surface area contributed by atoms with Crippen molar-refractivity contribution in [3.05, 3.63) is 34.4 Å². The molecule has 0 radical (unpaired) electrons. The van der Waals surface area contributed by atoms with Crippen molar-refractivity contribution in [2.75, 3.05) is 0 Å². The SMILES string of the molecule is Cc1nn(Cc2cc(CNC(C)(C)C)no2)cc1Cl. The van der Waals surface area contributed by atoms with Crippen molar-refractivity contribution in [3.8, 4) is 0 Å². The lowest BCUT2D eigenvalue weighted by atomic mass is 10.1. The van der Waals surface area contributed by atoms with Gasteiger partial charge < -0.3 is 9.84 Å². The third-order valence-electron chi connectivity index (χ3n) is 2.61. The maximum absolute atomic E-state index is 5.96. The van der Waals surface area contributed by atoms with Crippen molar-refractivity contribution in [1.29, 1.82) is 0 Å². The number of aryl methyl sites for hydroxylation is 1. The van der Waals surface area contributed by atoms with Crippen molar-refractivity contribution >= 4 is 11.6 Å². The van der Waals surface area contributed by atoms with Crippen molar-refractivity contribution in [3.63, 3.8) is 0 Å². The van der Waals surface area contributed by atoms with E-state index in [1.807, 2.05) is 13.0 Å². The fourth-order valence-corrected chi connectivity index (χ4v) is 1.75. The fraction of sp³-hybridized carbons (Fsp3) is 0.538. The summed E-state index contributed by atoms with van der Waals surface area (Å²) in [7, 11) is 0. The second-order valence-electron chi connectivity index (χ2n) is 5.65. The summed E-state index contributed by atoms with van der Waals surface area (Å²) in [5, 5.41) is 12.3. The topological polar surface area (TPSA) is 55.9 Å². The molecule has 0 aliphatic heterocycles. The molecule has 2 aromatic heterocycles. The van der Waals surface area contributed by atoms with E-state index in [9.17, 15) is 0 Å². The number of halogens is 1. The molecule has 2 aromatic rings. The van der Waals surface area contributed by atoms with Crippen LogP contribution in [0.4, 0.5) is 0 Å². The number of rotatable bonds is 4. The van der Waals surface area contributed by atoms with Gasteiger partial charge in [-0.15, -0.1) is 0 Å². The van der Waals surface area contributed by atoms with E-state index in [1.54, 1.807) is 10.9 Å². The van der Waals surface area contributed by atoms with Crippen LogP contribution in [0.3, 0.4) is 0 Å². The van der Waals surface area contributed by atoms with Gasteiger partial charge >= 0.3 is 0 Å². The highest BCUT2D eigenvalue weighted by Crippen LogP contribution is 2.14. The fourth-order valence-electron chi connectivity index (χ4n) is 1.60. The lowest BCUT2D eigenvalue weighted by Crippen LogP contribution is -2.35. The molecule has 0 amide bonds. The van der Waals surface area contributed by atoms with Crippen LogP contribution in [0.2, 0.25) is 5.02 Å². The maximum Gasteiger partial charge on any atom is 0.158 e. The van der Waals surface area contributed by atoms with Gasteiger partial charge in [-0.1, -0.05) is 16.8 Å². The van der Waals surface area contributed by atoms with Crippen LogP contribution >= 0.6 is 11.6 Å². The Hall–Kier alpha value is -1.33. The predicted octanol–water partition coefficient (Wildman–Crippen LogP) is 2.77. The molecule has 19 heavy (non-hydrogen) atoms. The van der Waals surface area contributed by atoms with Gasteiger partial charge in [0.25, 0.3) is 0 Å². The van der Waals surface area contributed by atoms with Crippen LogP contribution in [0, 0.1) is 6.92 Å². The summed E-state index contributed by atoms with van der Waals surface area (Å²) >= 11 is 5.96. The molecule has 0 saturated carbocycles. The van der Waals surface area contributed by atoms with Crippen molar-refractivity contribution < 1.29 is 4.52 Å². The van der Waals surface area contributed by atoms with E-state index in [1.165, 1.54) is 0 Å². The minimum atomic E-state index is 0.0612. The first kappa shape index (κ1) is 14.1. The first-order valence-electron chi connectivity index (χ1n) is 6.22. The van der Waals surface area contributed by atoms with Crippen LogP contribution in [-0.2, 0) is 13.1 Å². The number of nitrogens with zero attached hydrogens (tertiary/aromatic N) is 3. The van der Waals surface area contributed by atoms with Gasteiger partial charge in [-0.05, 0) is 27.7 Å². The van der Waals surface area contributed by atoms with Crippen molar-refractivity contribution in [2.24, 2.45) is 0 Å². The zero-order valence-electron chi connectivity index (χ0n) is 11.7. The van der Waals surface area contributed by atoms with Crippen LogP contribution in [0.1, 0.15) is 37.9 Å². The summed E-state index contributed by atoms with van der Waals surface area (Å²) in [5.74, 6) is 0.768. The molecule has 1 N–H and O–H groups in total. The van der Waals surface area contributed by atoms with Crippen molar-refractivity contribution in [2.45, 2.75) is 46.3 Å². The normalized spacial score (nSPS) is 12.1. The quantitative estimate of drug-likeness (QED) is 0.937. The van der Waals surface area contributed by atoms with E-state index in [-0.39, 0.29) is 5.54 Å². The van der Waals surface area contributed by atoms with E-state index in [2.05, 4.69) is 36.3 Å². The van der Waals surface area contributed by atoms with Gasteiger partial charge in [0.15, 0.2) is 5.76 Å². The molecule has 0 bridgehead atoms. The smallest absolute Gasteiger partial charge is 0.158 e. The lowest BCUT2D eigenvalue weighted by Gasteiger charge is -2.19. The summed E-state index contributed by atoms with van der Waals surface area (Å²) < 4.78 is 7.04. The third-order valence-corrected chi connectivity index (χ3v) is 2.98. The molecular weight excluding hydrogens is 264 g/mol. The van der Waals surface area contributed by atoms with Gasteiger partial charge in [-0.25, -0.2) is 0 Å². The zero-order chi connectivity index (χ0) is 14.0. The molecule has 0 saturated heterocycles. The Morgan fingerprint density at radius 1 is 1.42 bits per heavy atom. The lowest BCUT2D eigenvalue weighted by molar-refractivity contribution is 0.357. The third kappa shape index (κ3) is 4.08.